The third-order valence-electron chi connectivity index (χ3n) is 4.51. The summed E-state index contributed by atoms with van der Waals surface area (Å²) < 4.78 is 15.7. The van der Waals surface area contributed by atoms with Gasteiger partial charge in [0.25, 0.3) is 0 Å². The molecule has 1 aromatic carbocycles. The van der Waals surface area contributed by atoms with E-state index in [1.807, 2.05) is 30.3 Å². The van der Waals surface area contributed by atoms with Gasteiger partial charge in [-0.1, -0.05) is 22.4 Å². The van der Waals surface area contributed by atoms with Crippen LogP contribution in [0.15, 0.2) is 39.4 Å². The second-order valence-corrected chi connectivity index (χ2v) is 6.31. The number of nitrogens with zero attached hydrogens (tertiary/aromatic N) is 3. The van der Waals surface area contributed by atoms with Gasteiger partial charge >= 0.3 is 0 Å². The van der Waals surface area contributed by atoms with Crippen molar-refractivity contribution in [1.82, 2.24) is 20.6 Å². The normalized spacial score (nSPS) is 14.8. The van der Waals surface area contributed by atoms with Gasteiger partial charge in [-0.15, -0.1) is 0 Å². The lowest BCUT2D eigenvalue weighted by atomic mass is 10.0. The Kier molecular flexibility index (Phi) is 3.95. The van der Waals surface area contributed by atoms with E-state index in [-0.39, 0.29) is 12.5 Å². The lowest BCUT2D eigenvalue weighted by molar-refractivity contribution is -0.124. The molecular weight excluding hydrogens is 336 g/mol. The highest BCUT2D eigenvalue weighted by Gasteiger charge is 2.53. The van der Waals surface area contributed by atoms with Crippen molar-refractivity contribution >= 4 is 5.91 Å². The van der Waals surface area contributed by atoms with Gasteiger partial charge in [-0.05, 0) is 31.9 Å². The molecule has 8 heteroatoms. The molecule has 1 amide bonds. The molecule has 2 heterocycles. The summed E-state index contributed by atoms with van der Waals surface area (Å²) in [6, 6.07) is 9.32. The number of aryl methyl sites for hydroxylation is 1. The zero-order chi connectivity index (χ0) is 18.1. The Bertz CT molecular complexity index is 942. The summed E-state index contributed by atoms with van der Waals surface area (Å²) in [6.07, 6.45) is 1.46. The molecule has 1 saturated carbocycles. The van der Waals surface area contributed by atoms with Gasteiger partial charge in [0.15, 0.2) is 11.6 Å². The van der Waals surface area contributed by atoms with Gasteiger partial charge in [0, 0.05) is 11.6 Å². The van der Waals surface area contributed by atoms with E-state index in [1.165, 1.54) is 0 Å². The van der Waals surface area contributed by atoms with E-state index in [9.17, 15) is 4.79 Å². The highest BCUT2D eigenvalue weighted by atomic mass is 16.5. The minimum atomic E-state index is -0.643. The molecule has 1 aliphatic carbocycles. The van der Waals surface area contributed by atoms with Crippen molar-refractivity contribution in [3.8, 4) is 17.1 Å². The largest absolute Gasteiger partial charge is 0.497 e. The molecule has 0 atom stereocenters. The number of carbonyl (C=O) groups is 1. The zero-order valence-corrected chi connectivity index (χ0v) is 14.5. The van der Waals surface area contributed by atoms with Crippen LogP contribution < -0.4 is 10.1 Å². The Morgan fingerprint density at radius 2 is 2.12 bits per heavy atom. The number of hydrogen-bond donors (Lipinski definition) is 1. The summed E-state index contributed by atoms with van der Waals surface area (Å²) in [5.41, 5.74) is 0.838. The van der Waals surface area contributed by atoms with Crippen molar-refractivity contribution in [3.63, 3.8) is 0 Å². The molecule has 4 rings (SSSR count). The van der Waals surface area contributed by atoms with E-state index >= 15 is 0 Å². The first-order valence-corrected chi connectivity index (χ1v) is 8.30. The van der Waals surface area contributed by atoms with Crippen molar-refractivity contribution in [1.29, 1.82) is 0 Å². The van der Waals surface area contributed by atoms with Gasteiger partial charge in [-0.2, -0.15) is 4.98 Å². The quantitative estimate of drug-likeness (QED) is 0.725. The zero-order valence-electron chi connectivity index (χ0n) is 14.5. The van der Waals surface area contributed by atoms with Crippen LogP contribution in [0.2, 0.25) is 0 Å². The first-order chi connectivity index (χ1) is 12.6. The lowest BCUT2D eigenvalue weighted by Gasteiger charge is -2.10. The minimum absolute atomic E-state index is 0.112. The maximum atomic E-state index is 12.7. The Morgan fingerprint density at radius 1 is 1.27 bits per heavy atom. The average molecular weight is 354 g/mol. The van der Waals surface area contributed by atoms with Crippen molar-refractivity contribution < 1.29 is 18.6 Å². The van der Waals surface area contributed by atoms with Gasteiger partial charge in [-0.3, -0.25) is 4.79 Å². The molecule has 0 spiro atoms. The van der Waals surface area contributed by atoms with E-state index in [2.05, 4.69) is 20.6 Å². The minimum Gasteiger partial charge on any atom is -0.497 e. The monoisotopic (exact) mass is 354 g/mol. The third kappa shape index (κ3) is 2.94. The predicted octanol–water partition coefficient (Wildman–Crippen LogP) is 2.39. The highest BCUT2D eigenvalue weighted by Crippen LogP contribution is 2.48. The number of ether oxygens (including phenoxy) is 1. The highest BCUT2D eigenvalue weighted by molar-refractivity contribution is 5.90. The topological polar surface area (TPSA) is 103 Å². The van der Waals surface area contributed by atoms with Crippen LogP contribution in [0.5, 0.6) is 5.75 Å². The van der Waals surface area contributed by atoms with E-state index in [4.69, 9.17) is 13.8 Å². The van der Waals surface area contributed by atoms with Gasteiger partial charge in [0.1, 0.15) is 5.75 Å². The molecule has 0 unspecified atom stereocenters. The Hall–Kier alpha value is -3.16. The van der Waals surface area contributed by atoms with Crippen molar-refractivity contribution in [2.45, 2.75) is 31.7 Å². The molecule has 2 aromatic heterocycles. The molecule has 1 N–H and O–H groups in total. The first-order valence-electron chi connectivity index (χ1n) is 8.30. The fourth-order valence-electron chi connectivity index (χ4n) is 2.87. The summed E-state index contributed by atoms with van der Waals surface area (Å²) in [7, 11) is 1.61. The second kappa shape index (κ2) is 6.29. The molecule has 26 heavy (non-hydrogen) atoms. The van der Waals surface area contributed by atoms with Crippen LogP contribution >= 0.6 is 0 Å². The molecular formula is C18H18N4O4. The maximum absolute atomic E-state index is 12.7. The van der Waals surface area contributed by atoms with Crippen LogP contribution in [0.3, 0.4) is 0 Å². The van der Waals surface area contributed by atoms with Gasteiger partial charge in [-0.25, -0.2) is 0 Å². The number of aromatic nitrogens is 3. The second-order valence-electron chi connectivity index (χ2n) is 6.31. The van der Waals surface area contributed by atoms with Crippen LogP contribution in [0.25, 0.3) is 11.3 Å². The van der Waals surface area contributed by atoms with Crippen LogP contribution in [0.4, 0.5) is 0 Å². The van der Waals surface area contributed by atoms with Crippen LogP contribution in [-0.4, -0.2) is 28.3 Å². The summed E-state index contributed by atoms with van der Waals surface area (Å²) in [5, 5.41) is 10.7. The van der Waals surface area contributed by atoms with E-state index in [0.717, 1.165) is 24.2 Å². The summed E-state index contributed by atoms with van der Waals surface area (Å²) in [5.74, 6) is 2.14. The van der Waals surface area contributed by atoms with Gasteiger partial charge < -0.3 is 19.1 Å². The third-order valence-corrected chi connectivity index (χ3v) is 4.51. The first kappa shape index (κ1) is 16.3. The molecule has 0 bridgehead atoms. The van der Waals surface area contributed by atoms with Gasteiger partial charge in [0.2, 0.25) is 11.8 Å². The summed E-state index contributed by atoms with van der Waals surface area (Å²) in [4.78, 5) is 16.7. The summed E-state index contributed by atoms with van der Waals surface area (Å²) >= 11 is 0. The van der Waals surface area contributed by atoms with E-state index < -0.39 is 5.41 Å². The van der Waals surface area contributed by atoms with E-state index in [1.54, 1.807) is 14.0 Å². The number of benzene rings is 1. The Balaban J connectivity index is 1.50. The van der Waals surface area contributed by atoms with Crippen LogP contribution in [0, 0.1) is 6.92 Å². The molecule has 0 aliphatic heterocycles. The number of nitrogens with one attached hydrogen (secondary N) is 1. The number of methoxy groups -OCH3 is 1. The smallest absolute Gasteiger partial charge is 0.246 e. The van der Waals surface area contributed by atoms with Crippen molar-refractivity contribution in [2.24, 2.45) is 0 Å². The number of amides is 1. The Morgan fingerprint density at radius 3 is 2.81 bits per heavy atom. The maximum Gasteiger partial charge on any atom is 0.246 e. The van der Waals surface area contributed by atoms with E-state index in [0.29, 0.717) is 23.2 Å². The lowest BCUT2D eigenvalue weighted by Crippen LogP contribution is -2.34. The molecule has 8 nitrogen and oxygen atoms in total. The molecule has 0 radical (unpaired) electrons. The molecule has 1 aliphatic rings. The fraction of sp³-hybridized carbons (Fsp3) is 0.333. The average Bonchev–Trinajstić information content (AvgIpc) is 3.12. The Labute approximate surface area is 149 Å². The molecule has 3 aromatic rings. The molecule has 1 fully saturated rings. The molecule has 0 saturated heterocycles. The number of rotatable bonds is 6. The predicted molar refractivity (Wildman–Crippen MR) is 90.3 cm³/mol. The molecule has 134 valence electrons. The summed E-state index contributed by atoms with van der Waals surface area (Å²) in [6.45, 7) is 1.93. The fourth-order valence-corrected chi connectivity index (χ4v) is 2.87. The number of hydrogen-bond acceptors (Lipinski definition) is 7. The SMILES string of the molecule is COc1cccc(-c2cc(C3(C(=O)NCc4nc(C)no4)CC3)no2)c1. The van der Waals surface area contributed by atoms with Crippen molar-refractivity contribution in [2.75, 3.05) is 7.11 Å². The van der Waals surface area contributed by atoms with Gasteiger partial charge in [0.05, 0.1) is 24.8 Å². The van der Waals surface area contributed by atoms with Crippen molar-refractivity contribution in [3.05, 3.63) is 47.7 Å². The van der Waals surface area contributed by atoms with Crippen LogP contribution in [-0.2, 0) is 16.8 Å². The van der Waals surface area contributed by atoms with Crippen LogP contribution in [0.1, 0.15) is 30.3 Å². The standard InChI is InChI=1S/C18H18N4O4/c1-11-20-16(26-21-11)10-19-17(23)18(6-7-18)15-9-14(25-22-15)12-4-3-5-13(8-12)24-2/h3-5,8-9H,6-7,10H2,1-2H3,(H,19,23). The number of carbonyl (C=O) groups excluding carboxylic acids is 1.